The van der Waals surface area contributed by atoms with Crippen molar-refractivity contribution in [1.29, 1.82) is 0 Å². The molecule has 2 fully saturated rings. The van der Waals surface area contributed by atoms with E-state index in [0.29, 0.717) is 18.4 Å². The van der Waals surface area contributed by atoms with Crippen LogP contribution in [0.2, 0.25) is 0 Å². The molecule has 1 N–H and O–H groups in total. The van der Waals surface area contributed by atoms with E-state index in [4.69, 9.17) is 9.26 Å². The molecule has 2 heterocycles. The first-order valence-electron chi connectivity index (χ1n) is 7.09. The van der Waals surface area contributed by atoms with Gasteiger partial charge in [-0.05, 0) is 12.8 Å². The van der Waals surface area contributed by atoms with E-state index in [-0.39, 0.29) is 18.5 Å². The smallest absolute Gasteiger partial charge is 0.257 e. The molecular weight excluding hydrogens is 266 g/mol. The molecule has 1 unspecified atom stereocenters. The lowest BCUT2D eigenvalue weighted by Gasteiger charge is -2.20. The molecule has 2 aliphatic rings. The minimum atomic E-state index is -0.0641. The first kappa shape index (κ1) is 14.8. The van der Waals surface area contributed by atoms with Crippen LogP contribution in [0.4, 0.5) is 0 Å². The van der Waals surface area contributed by atoms with Crippen molar-refractivity contribution in [3.63, 3.8) is 0 Å². The van der Waals surface area contributed by atoms with Gasteiger partial charge in [0.25, 0.3) is 5.89 Å². The highest BCUT2D eigenvalue weighted by Gasteiger charge is 2.25. The molecular formula is C13H22ClN3O2. The van der Waals surface area contributed by atoms with Gasteiger partial charge in [0.2, 0.25) is 0 Å². The molecule has 19 heavy (non-hydrogen) atoms. The van der Waals surface area contributed by atoms with Crippen molar-refractivity contribution >= 4 is 12.4 Å². The second-order valence-corrected chi connectivity index (χ2v) is 5.24. The Kier molecular flexibility index (Phi) is 5.60. The predicted molar refractivity (Wildman–Crippen MR) is 73.6 cm³/mol. The molecule has 1 aromatic rings. The fourth-order valence-electron chi connectivity index (χ4n) is 2.81. The number of halogens is 1. The van der Waals surface area contributed by atoms with Crippen molar-refractivity contribution in [3.05, 3.63) is 11.7 Å². The zero-order chi connectivity index (χ0) is 12.2. The highest BCUT2D eigenvalue weighted by atomic mass is 35.5. The Balaban J connectivity index is 0.00000133. The maximum absolute atomic E-state index is 5.63. The van der Waals surface area contributed by atoms with E-state index in [0.717, 1.165) is 18.9 Å². The van der Waals surface area contributed by atoms with Gasteiger partial charge in [-0.25, -0.2) is 0 Å². The van der Waals surface area contributed by atoms with Crippen LogP contribution in [0.5, 0.6) is 0 Å². The van der Waals surface area contributed by atoms with Crippen LogP contribution in [-0.2, 0) is 4.74 Å². The van der Waals surface area contributed by atoms with Crippen LogP contribution in [0.1, 0.15) is 62.3 Å². The summed E-state index contributed by atoms with van der Waals surface area (Å²) in [5.74, 6) is 2.02. The Bertz CT molecular complexity index is 372. The van der Waals surface area contributed by atoms with Crippen LogP contribution >= 0.6 is 12.4 Å². The Labute approximate surface area is 119 Å². The monoisotopic (exact) mass is 287 g/mol. The van der Waals surface area contributed by atoms with E-state index in [9.17, 15) is 0 Å². The Morgan fingerprint density at radius 2 is 1.89 bits per heavy atom. The molecule has 1 aliphatic carbocycles. The quantitative estimate of drug-likeness (QED) is 0.847. The number of hydrogen-bond donors (Lipinski definition) is 1. The second-order valence-electron chi connectivity index (χ2n) is 5.24. The van der Waals surface area contributed by atoms with Crippen molar-refractivity contribution in [2.75, 3.05) is 19.7 Å². The van der Waals surface area contributed by atoms with E-state index in [1.807, 2.05) is 0 Å². The van der Waals surface area contributed by atoms with Crippen LogP contribution in [0, 0.1) is 0 Å². The number of hydrogen-bond acceptors (Lipinski definition) is 5. The lowest BCUT2D eigenvalue weighted by molar-refractivity contribution is 0.00755. The number of nitrogens with one attached hydrogen (secondary N) is 1. The third kappa shape index (κ3) is 3.68. The van der Waals surface area contributed by atoms with Gasteiger partial charge in [0, 0.05) is 19.0 Å². The van der Waals surface area contributed by atoms with E-state index in [1.165, 1.54) is 38.5 Å². The summed E-state index contributed by atoms with van der Waals surface area (Å²) in [4.78, 5) is 4.56. The fraction of sp³-hybridized carbons (Fsp3) is 0.846. The first-order valence-corrected chi connectivity index (χ1v) is 7.09. The number of ether oxygens (including phenoxy) is 1. The number of aromatic nitrogens is 2. The van der Waals surface area contributed by atoms with Gasteiger partial charge >= 0.3 is 0 Å². The summed E-state index contributed by atoms with van der Waals surface area (Å²) in [6, 6.07) is 0. The lowest BCUT2D eigenvalue weighted by atomic mass is 10.00. The molecule has 3 rings (SSSR count). The van der Waals surface area contributed by atoms with Crippen molar-refractivity contribution in [1.82, 2.24) is 15.5 Å². The van der Waals surface area contributed by atoms with E-state index in [2.05, 4.69) is 15.5 Å². The summed E-state index contributed by atoms with van der Waals surface area (Å²) in [5.41, 5.74) is 0. The Morgan fingerprint density at radius 1 is 1.11 bits per heavy atom. The lowest BCUT2D eigenvalue weighted by Crippen LogP contribution is -2.33. The van der Waals surface area contributed by atoms with Crippen molar-refractivity contribution in [2.24, 2.45) is 0 Å². The first-order chi connectivity index (χ1) is 8.93. The molecule has 0 radical (unpaired) electrons. The van der Waals surface area contributed by atoms with Gasteiger partial charge in [-0.15, -0.1) is 12.4 Å². The average molecular weight is 288 g/mol. The van der Waals surface area contributed by atoms with Crippen molar-refractivity contribution in [3.8, 4) is 0 Å². The van der Waals surface area contributed by atoms with E-state index in [1.54, 1.807) is 0 Å². The molecule has 108 valence electrons. The van der Waals surface area contributed by atoms with Crippen LogP contribution in [0.3, 0.4) is 0 Å². The third-order valence-electron chi connectivity index (χ3n) is 3.88. The molecule has 1 saturated carbocycles. The molecule has 1 saturated heterocycles. The minimum Gasteiger partial charge on any atom is -0.366 e. The molecule has 0 bridgehead atoms. The Hall–Kier alpha value is -0.650. The molecule has 0 amide bonds. The zero-order valence-corrected chi connectivity index (χ0v) is 12.0. The van der Waals surface area contributed by atoms with Crippen LogP contribution < -0.4 is 5.32 Å². The van der Waals surface area contributed by atoms with E-state index >= 15 is 0 Å². The molecule has 0 spiro atoms. The molecule has 5 nitrogen and oxygen atoms in total. The number of morpholine rings is 1. The highest BCUT2D eigenvalue weighted by Crippen LogP contribution is 2.30. The maximum atomic E-state index is 5.63. The van der Waals surface area contributed by atoms with Crippen LogP contribution in [0.15, 0.2) is 4.52 Å². The largest absolute Gasteiger partial charge is 0.366 e. The molecule has 1 atom stereocenters. The van der Waals surface area contributed by atoms with Crippen molar-refractivity contribution < 1.29 is 9.26 Å². The van der Waals surface area contributed by atoms with Gasteiger partial charge in [-0.1, -0.05) is 30.8 Å². The maximum Gasteiger partial charge on any atom is 0.257 e. The molecule has 1 aliphatic heterocycles. The fourth-order valence-corrected chi connectivity index (χ4v) is 2.81. The van der Waals surface area contributed by atoms with Crippen molar-refractivity contribution in [2.45, 2.75) is 50.5 Å². The average Bonchev–Trinajstić information content (AvgIpc) is 2.76. The summed E-state index contributed by atoms with van der Waals surface area (Å²) in [7, 11) is 0. The summed E-state index contributed by atoms with van der Waals surface area (Å²) in [5, 5.41) is 7.44. The summed E-state index contributed by atoms with van der Waals surface area (Å²) >= 11 is 0. The standard InChI is InChI=1S/C13H21N3O2.ClH/c1-2-4-6-10(5-3-1)12-15-13(18-16-12)11-9-14-7-8-17-11;/h10-11,14H,1-9H2;1H. The zero-order valence-electron chi connectivity index (χ0n) is 11.1. The van der Waals surface area contributed by atoms with Gasteiger partial charge in [0.05, 0.1) is 6.61 Å². The minimum absolute atomic E-state index is 0. The second kappa shape index (κ2) is 7.22. The Morgan fingerprint density at radius 3 is 2.58 bits per heavy atom. The summed E-state index contributed by atoms with van der Waals surface area (Å²) in [6.45, 7) is 2.39. The summed E-state index contributed by atoms with van der Waals surface area (Å²) in [6.07, 6.45) is 7.59. The molecule has 1 aromatic heterocycles. The molecule has 6 heteroatoms. The van der Waals surface area contributed by atoms with Gasteiger partial charge in [0.1, 0.15) is 6.10 Å². The highest BCUT2D eigenvalue weighted by molar-refractivity contribution is 5.85. The van der Waals surface area contributed by atoms with Gasteiger partial charge in [-0.3, -0.25) is 0 Å². The number of nitrogens with zero attached hydrogens (tertiary/aromatic N) is 2. The van der Waals surface area contributed by atoms with Gasteiger partial charge in [-0.2, -0.15) is 4.98 Å². The predicted octanol–water partition coefficient (Wildman–Crippen LogP) is 2.59. The topological polar surface area (TPSA) is 60.2 Å². The van der Waals surface area contributed by atoms with Gasteiger partial charge < -0.3 is 14.6 Å². The van der Waals surface area contributed by atoms with Crippen LogP contribution in [0.25, 0.3) is 0 Å². The van der Waals surface area contributed by atoms with Crippen LogP contribution in [-0.4, -0.2) is 29.8 Å². The SMILES string of the molecule is C1CCCC(c2noc(C3CNCCO3)n2)CC1.Cl. The molecule has 0 aromatic carbocycles. The normalized spacial score (nSPS) is 25.6. The van der Waals surface area contributed by atoms with E-state index < -0.39 is 0 Å². The van der Waals surface area contributed by atoms with Gasteiger partial charge in [0.15, 0.2) is 5.82 Å². The number of rotatable bonds is 2. The summed E-state index contributed by atoms with van der Waals surface area (Å²) < 4.78 is 11.0. The third-order valence-corrected chi connectivity index (χ3v) is 3.88.